The molecule has 32 heavy (non-hydrogen) atoms. The van der Waals surface area contributed by atoms with Crippen LogP contribution in [0.25, 0.3) is 0 Å². The van der Waals surface area contributed by atoms with Gasteiger partial charge in [0, 0.05) is 23.8 Å². The molecule has 0 bridgehead atoms. The van der Waals surface area contributed by atoms with Gasteiger partial charge in [0.05, 0.1) is 24.9 Å². The summed E-state index contributed by atoms with van der Waals surface area (Å²) in [6.07, 6.45) is -2.82. The second kappa shape index (κ2) is 7.43. The van der Waals surface area contributed by atoms with E-state index < -0.39 is 16.6 Å². The zero-order chi connectivity index (χ0) is 22.7. The number of ether oxygens (including phenoxy) is 1. The molecule has 1 saturated heterocycles. The molecule has 3 aliphatic rings. The van der Waals surface area contributed by atoms with Crippen LogP contribution in [0.2, 0.25) is 0 Å². The van der Waals surface area contributed by atoms with E-state index in [9.17, 15) is 22.8 Å². The molecule has 9 heteroatoms. The highest BCUT2D eigenvalue weighted by Gasteiger charge is 2.60. The number of methoxy groups -OCH3 is 1. The van der Waals surface area contributed by atoms with Gasteiger partial charge in [-0.3, -0.25) is 9.59 Å². The average Bonchev–Trinajstić information content (AvgIpc) is 3.49. The summed E-state index contributed by atoms with van der Waals surface area (Å²) < 4.78 is 45.0. The molecule has 0 N–H and O–H groups in total. The molecule has 2 aliphatic heterocycles. The Balaban J connectivity index is 1.57. The van der Waals surface area contributed by atoms with Crippen LogP contribution in [0.4, 0.5) is 18.9 Å². The third-order valence-electron chi connectivity index (χ3n) is 6.19. The summed E-state index contributed by atoms with van der Waals surface area (Å²) in [5.41, 5.74) is 0.865. The van der Waals surface area contributed by atoms with Crippen molar-refractivity contribution < 1.29 is 27.5 Å². The lowest BCUT2D eigenvalue weighted by atomic mass is 10.0. The van der Waals surface area contributed by atoms with Crippen LogP contribution >= 0.6 is 11.8 Å². The first-order chi connectivity index (χ1) is 15.3. The van der Waals surface area contributed by atoms with Gasteiger partial charge in [-0.1, -0.05) is 12.1 Å². The number of rotatable bonds is 4. The number of fused-ring (bicyclic) bond motifs is 2. The standard InChI is InChI=1S/C23H21F3N2O3S/c1-31-17-7-8-19-18(12-17)22(28(9-10-32-22)20(29)15-5-6-15)21(30)27(19)13-14-3-2-4-16(11-14)23(24,25)26/h2-4,7-8,11-12,15H,5-6,9-10,13H2,1H3. The number of nitrogens with zero attached hydrogens (tertiary/aromatic N) is 2. The van der Waals surface area contributed by atoms with Crippen LogP contribution in [0.3, 0.4) is 0 Å². The normalized spacial score (nSPS) is 22.6. The highest BCUT2D eigenvalue weighted by atomic mass is 32.2. The Kier molecular flexibility index (Phi) is 4.92. The molecule has 0 aromatic heterocycles. The molecule has 1 saturated carbocycles. The Morgan fingerprint density at radius 2 is 2.00 bits per heavy atom. The van der Waals surface area contributed by atoms with Crippen LogP contribution in [0.1, 0.15) is 29.5 Å². The fourth-order valence-electron chi connectivity index (χ4n) is 4.48. The average molecular weight is 462 g/mol. The second-order valence-corrected chi connectivity index (χ2v) is 9.52. The summed E-state index contributed by atoms with van der Waals surface area (Å²) in [4.78, 5) is 28.9. The van der Waals surface area contributed by atoms with E-state index in [0.717, 1.165) is 25.0 Å². The Morgan fingerprint density at radius 3 is 2.69 bits per heavy atom. The van der Waals surface area contributed by atoms with Crippen LogP contribution in [0.5, 0.6) is 5.75 Å². The fraction of sp³-hybridized carbons (Fsp3) is 0.391. The Labute approximate surface area is 187 Å². The summed E-state index contributed by atoms with van der Waals surface area (Å²) in [7, 11) is 1.53. The highest BCUT2D eigenvalue weighted by molar-refractivity contribution is 8.01. The van der Waals surface area contributed by atoms with Crippen LogP contribution < -0.4 is 9.64 Å². The Morgan fingerprint density at radius 1 is 1.22 bits per heavy atom. The third-order valence-corrected chi connectivity index (χ3v) is 7.61. The molecule has 0 radical (unpaired) electrons. The van der Waals surface area contributed by atoms with Crippen molar-refractivity contribution in [2.45, 2.75) is 30.4 Å². The minimum Gasteiger partial charge on any atom is -0.497 e. The van der Waals surface area contributed by atoms with Crippen molar-refractivity contribution in [2.24, 2.45) is 5.92 Å². The minimum atomic E-state index is -4.47. The van der Waals surface area contributed by atoms with E-state index in [1.54, 1.807) is 29.2 Å². The zero-order valence-electron chi connectivity index (χ0n) is 17.3. The molecule has 1 spiro atoms. The molecular formula is C23H21F3N2O3S. The number of halogens is 3. The highest BCUT2D eigenvalue weighted by Crippen LogP contribution is 2.56. The molecule has 2 fully saturated rings. The maximum absolute atomic E-state index is 13.9. The van der Waals surface area contributed by atoms with E-state index in [0.29, 0.717) is 34.9 Å². The van der Waals surface area contributed by atoms with Crippen molar-refractivity contribution in [3.05, 3.63) is 59.2 Å². The second-order valence-electron chi connectivity index (χ2n) is 8.23. The van der Waals surface area contributed by atoms with Gasteiger partial charge in [-0.05, 0) is 48.7 Å². The molecule has 168 valence electrons. The van der Waals surface area contributed by atoms with E-state index in [1.165, 1.54) is 29.8 Å². The van der Waals surface area contributed by atoms with Gasteiger partial charge in [-0.2, -0.15) is 13.2 Å². The summed E-state index contributed by atoms with van der Waals surface area (Å²) in [5.74, 6) is 0.791. The maximum Gasteiger partial charge on any atom is 0.416 e. The van der Waals surface area contributed by atoms with Crippen molar-refractivity contribution in [1.29, 1.82) is 0 Å². The molecule has 5 rings (SSSR count). The van der Waals surface area contributed by atoms with E-state index >= 15 is 0 Å². The predicted molar refractivity (Wildman–Crippen MR) is 114 cm³/mol. The SMILES string of the molecule is COc1ccc2c(c1)C1(SCCN1C(=O)C1CC1)C(=O)N2Cc1cccc(C(F)(F)F)c1. The smallest absolute Gasteiger partial charge is 0.416 e. The van der Waals surface area contributed by atoms with Crippen LogP contribution in [-0.4, -0.2) is 36.1 Å². The summed E-state index contributed by atoms with van der Waals surface area (Å²) in [6.45, 7) is 0.440. The summed E-state index contributed by atoms with van der Waals surface area (Å²) in [6, 6.07) is 10.2. The lowest BCUT2D eigenvalue weighted by molar-refractivity contribution is -0.141. The van der Waals surface area contributed by atoms with Crippen LogP contribution in [0.15, 0.2) is 42.5 Å². The number of carbonyl (C=O) groups is 2. The number of hydrogen-bond donors (Lipinski definition) is 0. The van der Waals surface area contributed by atoms with Gasteiger partial charge >= 0.3 is 6.18 Å². The van der Waals surface area contributed by atoms with Gasteiger partial charge in [0.2, 0.25) is 5.91 Å². The lowest BCUT2D eigenvalue weighted by Gasteiger charge is -2.33. The maximum atomic E-state index is 13.9. The molecule has 2 amide bonds. The van der Waals surface area contributed by atoms with E-state index in [4.69, 9.17) is 4.74 Å². The van der Waals surface area contributed by atoms with Gasteiger partial charge in [-0.25, -0.2) is 0 Å². The number of alkyl halides is 3. The van der Waals surface area contributed by atoms with E-state index in [-0.39, 0.29) is 24.3 Å². The predicted octanol–water partition coefficient (Wildman–Crippen LogP) is 4.40. The minimum absolute atomic E-state index is 0.0180. The molecule has 1 unspecified atom stereocenters. The van der Waals surface area contributed by atoms with Crippen molar-refractivity contribution in [3.8, 4) is 5.75 Å². The number of hydrogen-bond acceptors (Lipinski definition) is 4. The largest absolute Gasteiger partial charge is 0.497 e. The molecule has 5 nitrogen and oxygen atoms in total. The van der Waals surface area contributed by atoms with Gasteiger partial charge in [0.15, 0.2) is 4.87 Å². The topological polar surface area (TPSA) is 49.9 Å². The molecule has 2 aromatic rings. The van der Waals surface area contributed by atoms with Crippen LogP contribution in [-0.2, 0) is 27.2 Å². The first-order valence-electron chi connectivity index (χ1n) is 10.4. The van der Waals surface area contributed by atoms with Crippen molar-refractivity contribution in [1.82, 2.24) is 4.90 Å². The van der Waals surface area contributed by atoms with E-state index in [2.05, 4.69) is 0 Å². The number of carbonyl (C=O) groups excluding carboxylic acids is 2. The van der Waals surface area contributed by atoms with Gasteiger partial charge in [-0.15, -0.1) is 11.8 Å². The first kappa shape index (κ1) is 21.2. The summed E-state index contributed by atoms with van der Waals surface area (Å²) >= 11 is 1.40. The van der Waals surface area contributed by atoms with Crippen molar-refractivity contribution in [3.63, 3.8) is 0 Å². The fourth-order valence-corrected chi connectivity index (χ4v) is 5.94. The monoisotopic (exact) mass is 462 g/mol. The van der Waals surface area contributed by atoms with Crippen LogP contribution in [0, 0.1) is 5.92 Å². The zero-order valence-corrected chi connectivity index (χ0v) is 18.1. The van der Waals surface area contributed by atoms with Gasteiger partial charge in [0.25, 0.3) is 5.91 Å². The Bertz CT molecular complexity index is 1100. The molecule has 2 heterocycles. The quantitative estimate of drug-likeness (QED) is 0.676. The molecule has 1 atom stereocenters. The number of anilines is 1. The third kappa shape index (κ3) is 3.25. The van der Waals surface area contributed by atoms with Crippen molar-refractivity contribution >= 4 is 29.3 Å². The van der Waals surface area contributed by atoms with Gasteiger partial charge < -0.3 is 14.5 Å². The van der Waals surface area contributed by atoms with E-state index in [1.807, 2.05) is 0 Å². The number of benzene rings is 2. The number of thioether (sulfide) groups is 1. The molecule has 2 aromatic carbocycles. The van der Waals surface area contributed by atoms with Crippen molar-refractivity contribution in [2.75, 3.05) is 24.3 Å². The number of amides is 2. The Hall–Kier alpha value is -2.68. The summed E-state index contributed by atoms with van der Waals surface area (Å²) in [5, 5.41) is 0. The molecule has 1 aliphatic carbocycles. The molecular weight excluding hydrogens is 441 g/mol. The lowest BCUT2D eigenvalue weighted by Crippen LogP contribution is -2.50. The van der Waals surface area contributed by atoms with Gasteiger partial charge in [0.1, 0.15) is 5.75 Å². The first-order valence-corrected chi connectivity index (χ1v) is 11.4.